The summed E-state index contributed by atoms with van der Waals surface area (Å²) in [6, 6.07) is 11.1. The molecule has 1 aliphatic heterocycles. The first-order valence-corrected chi connectivity index (χ1v) is 12.1. The molecule has 1 aliphatic rings. The Labute approximate surface area is 171 Å². The minimum atomic E-state index is -3.35. The summed E-state index contributed by atoms with van der Waals surface area (Å²) >= 11 is 8.84. The summed E-state index contributed by atoms with van der Waals surface area (Å²) in [4.78, 5) is 6.97. The lowest BCUT2D eigenvalue weighted by molar-refractivity contribution is 0.181. The van der Waals surface area contributed by atoms with Gasteiger partial charge in [-0.15, -0.1) is 22.7 Å². The Morgan fingerprint density at radius 3 is 2.44 bits per heavy atom. The smallest absolute Gasteiger partial charge is 0.252 e. The fraction of sp³-hybridized carbons (Fsp3) is 0.278. The van der Waals surface area contributed by atoms with Crippen LogP contribution in [-0.4, -0.2) is 48.8 Å². The largest absolute Gasteiger partial charge is 0.294 e. The van der Waals surface area contributed by atoms with Gasteiger partial charge in [0.25, 0.3) is 10.0 Å². The molecule has 9 heteroatoms. The number of piperazine rings is 1. The first-order valence-electron chi connectivity index (χ1n) is 8.49. The Kier molecular flexibility index (Phi) is 5.63. The Balaban J connectivity index is 1.37. The van der Waals surface area contributed by atoms with E-state index >= 15 is 0 Å². The van der Waals surface area contributed by atoms with Crippen molar-refractivity contribution in [1.29, 1.82) is 0 Å². The maximum absolute atomic E-state index is 12.6. The number of benzene rings is 1. The molecule has 0 spiro atoms. The molecule has 0 atom stereocenters. The number of thiophene rings is 1. The molecule has 0 amide bonds. The highest BCUT2D eigenvalue weighted by Crippen LogP contribution is 2.25. The van der Waals surface area contributed by atoms with Crippen LogP contribution in [0.3, 0.4) is 0 Å². The molecule has 1 aromatic carbocycles. The predicted octanol–water partition coefficient (Wildman–Crippen LogP) is 4.03. The van der Waals surface area contributed by atoms with Crippen LogP contribution < -0.4 is 0 Å². The van der Waals surface area contributed by atoms with Gasteiger partial charge in [0.15, 0.2) is 0 Å². The van der Waals surface area contributed by atoms with E-state index in [1.165, 1.54) is 11.3 Å². The van der Waals surface area contributed by atoms with Crippen molar-refractivity contribution >= 4 is 44.3 Å². The second-order valence-corrected chi connectivity index (χ2v) is 10.7. The van der Waals surface area contributed by atoms with Crippen molar-refractivity contribution < 1.29 is 8.42 Å². The second kappa shape index (κ2) is 7.98. The molecule has 3 aromatic rings. The van der Waals surface area contributed by atoms with Crippen molar-refractivity contribution in [3.05, 3.63) is 57.2 Å². The lowest BCUT2D eigenvalue weighted by atomic mass is 10.2. The van der Waals surface area contributed by atoms with Crippen LogP contribution in [0, 0.1) is 0 Å². The molecule has 2 aromatic heterocycles. The Morgan fingerprint density at radius 2 is 1.78 bits per heavy atom. The van der Waals surface area contributed by atoms with Crippen molar-refractivity contribution in [2.75, 3.05) is 26.2 Å². The molecule has 1 fully saturated rings. The number of hydrogen-bond acceptors (Lipinski definition) is 6. The van der Waals surface area contributed by atoms with Crippen molar-refractivity contribution in [3.63, 3.8) is 0 Å². The van der Waals surface area contributed by atoms with Gasteiger partial charge >= 0.3 is 0 Å². The fourth-order valence-corrected chi connectivity index (χ4v) is 6.53. The lowest BCUT2D eigenvalue weighted by Gasteiger charge is -2.33. The molecule has 5 nitrogen and oxygen atoms in total. The molecule has 4 rings (SSSR count). The number of rotatable bonds is 5. The average Bonchev–Trinajstić information content (AvgIpc) is 3.35. The monoisotopic (exact) mass is 439 g/mol. The van der Waals surface area contributed by atoms with Crippen LogP contribution in [0.15, 0.2) is 51.4 Å². The molecule has 27 heavy (non-hydrogen) atoms. The SMILES string of the molecule is O=S(=O)(c1cccs1)N1CCN(Cc2nc(-c3ccc(Cl)cc3)cs2)CC1. The summed E-state index contributed by atoms with van der Waals surface area (Å²) in [5, 5.41) is 5.60. The third-order valence-electron chi connectivity index (χ3n) is 4.47. The molecule has 142 valence electrons. The molecule has 0 radical (unpaired) electrons. The van der Waals surface area contributed by atoms with Gasteiger partial charge in [0.1, 0.15) is 9.22 Å². The summed E-state index contributed by atoms with van der Waals surface area (Å²) in [5.74, 6) is 0. The summed E-state index contributed by atoms with van der Waals surface area (Å²) < 4.78 is 27.2. The number of sulfonamides is 1. The van der Waals surface area contributed by atoms with Crippen molar-refractivity contribution in [1.82, 2.24) is 14.2 Å². The predicted molar refractivity (Wildman–Crippen MR) is 111 cm³/mol. The van der Waals surface area contributed by atoms with E-state index in [0.29, 0.717) is 35.4 Å². The number of hydrogen-bond donors (Lipinski definition) is 0. The zero-order valence-corrected chi connectivity index (χ0v) is 17.6. The topological polar surface area (TPSA) is 53.5 Å². The third-order valence-corrected chi connectivity index (χ3v) is 8.83. The number of halogens is 1. The van der Waals surface area contributed by atoms with Crippen LogP contribution in [0.5, 0.6) is 0 Å². The second-order valence-electron chi connectivity index (χ2n) is 6.25. The highest BCUT2D eigenvalue weighted by Gasteiger charge is 2.29. The molecule has 0 aliphatic carbocycles. The average molecular weight is 440 g/mol. The highest BCUT2D eigenvalue weighted by atomic mass is 35.5. The molecule has 0 unspecified atom stereocenters. The van der Waals surface area contributed by atoms with Crippen LogP contribution in [0.4, 0.5) is 0 Å². The van der Waals surface area contributed by atoms with Crippen LogP contribution >= 0.6 is 34.3 Å². The van der Waals surface area contributed by atoms with E-state index in [0.717, 1.165) is 22.8 Å². The van der Waals surface area contributed by atoms with Crippen LogP contribution in [0.25, 0.3) is 11.3 Å². The third kappa shape index (κ3) is 4.26. The normalized spacial score (nSPS) is 16.6. The van der Waals surface area contributed by atoms with Crippen LogP contribution in [0.2, 0.25) is 5.02 Å². The standard InChI is InChI=1S/C18H18ClN3O2S3/c19-15-5-3-14(4-6-15)16-13-26-17(20-16)12-21-7-9-22(10-8-21)27(23,24)18-2-1-11-25-18/h1-6,11,13H,7-10,12H2. The molecule has 0 bridgehead atoms. The van der Waals surface area contributed by atoms with Crippen LogP contribution in [-0.2, 0) is 16.6 Å². The van der Waals surface area contributed by atoms with E-state index < -0.39 is 10.0 Å². The van der Waals surface area contributed by atoms with Gasteiger partial charge in [-0.2, -0.15) is 4.31 Å². The van der Waals surface area contributed by atoms with Crippen molar-refractivity contribution in [2.24, 2.45) is 0 Å². The summed E-state index contributed by atoms with van der Waals surface area (Å²) in [6.07, 6.45) is 0. The van der Waals surface area contributed by atoms with Gasteiger partial charge in [-0.05, 0) is 23.6 Å². The summed E-state index contributed by atoms with van der Waals surface area (Å²) in [6.45, 7) is 3.18. The Morgan fingerprint density at radius 1 is 1.04 bits per heavy atom. The van der Waals surface area contributed by atoms with Gasteiger partial charge < -0.3 is 0 Å². The number of nitrogens with zero attached hydrogens (tertiary/aromatic N) is 3. The molecular formula is C18H18ClN3O2S3. The Hall–Kier alpha value is -1.29. The first kappa shape index (κ1) is 19.0. The zero-order chi connectivity index (χ0) is 18.9. The molecular weight excluding hydrogens is 422 g/mol. The fourth-order valence-electron chi connectivity index (χ4n) is 2.99. The van der Waals surface area contributed by atoms with Gasteiger partial charge in [0.05, 0.1) is 12.2 Å². The summed E-state index contributed by atoms with van der Waals surface area (Å²) in [5.41, 5.74) is 2.00. The molecule has 3 heterocycles. The van der Waals surface area contributed by atoms with Crippen LogP contribution in [0.1, 0.15) is 5.01 Å². The highest BCUT2D eigenvalue weighted by molar-refractivity contribution is 7.91. The Bertz CT molecular complexity index is 993. The van der Waals surface area contributed by atoms with E-state index in [4.69, 9.17) is 16.6 Å². The number of thiazole rings is 1. The lowest BCUT2D eigenvalue weighted by Crippen LogP contribution is -2.48. The summed E-state index contributed by atoms with van der Waals surface area (Å²) in [7, 11) is -3.35. The molecule has 0 saturated carbocycles. The van der Waals surface area contributed by atoms with E-state index in [9.17, 15) is 8.42 Å². The maximum Gasteiger partial charge on any atom is 0.252 e. The van der Waals surface area contributed by atoms with E-state index in [1.807, 2.05) is 24.3 Å². The minimum absolute atomic E-state index is 0.420. The minimum Gasteiger partial charge on any atom is -0.294 e. The molecule has 1 saturated heterocycles. The number of aromatic nitrogens is 1. The van der Waals surface area contributed by atoms with Gasteiger partial charge in [-0.1, -0.05) is 29.8 Å². The van der Waals surface area contributed by atoms with Gasteiger partial charge in [-0.25, -0.2) is 13.4 Å². The van der Waals surface area contributed by atoms with E-state index in [2.05, 4.69) is 10.3 Å². The zero-order valence-electron chi connectivity index (χ0n) is 14.4. The van der Waals surface area contributed by atoms with E-state index in [-0.39, 0.29) is 0 Å². The molecule has 0 N–H and O–H groups in total. The van der Waals surface area contributed by atoms with Crippen molar-refractivity contribution in [2.45, 2.75) is 10.8 Å². The quantitative estimate of drug-likeness (QED) is 0.602. The van der Waals surface area contributed by atoms with Crippen molar-refractivity contribution in [3.8, 4) is 11.3 Å². The van der Waals surface area contributed by atoms with Gasteiger partial charge in [0.2, 0.25) is 0 Å². The van der Waals surface area contributed by atoms with E-state index in [1.54, 1.807) is 33.2 Å². The maximum atomic E-state index is 12.6. The van der Waals surface area contributed by atoms with Gasteiger partial charge in [0, 0.05) is 42.1 Å². The first-order chi connectivity index (χ1) is 13.0. The van der Waals surface area contributed by atoms with Gasteiger partial charge in [-0.3, -0.25) is 4.90 Å².